The van der Waals surface area contributed by atoms with Crippen LogP contribution in [0.1, 0.15) is 5.56 Å². The molecule has 0 fully saturated rings. The van der Waals surface area contributed by atoms with E-state index >= 15 is 0 Å². The number of hydrogen-bond donors (Lipinski definition) is 2. The largest absolute Gasteiger partial charge is 0.496 e. The number of halogens is 1. The lowest BCUT2D eigenvalue weighted by Gasteiger charge is -2.10. The number of carbonyl (C=O) groups is 1. The van der Waals surface area contributed by atoms with Gasteiger partial charge in [0.25, 0.3) is 0 Å². The maximum atomic E-state index is 13.0. The Labute approximate surface area is 139 Å². The number of carbonyl (C=O) groups excluding carboxylic acids is 1. The van der Waals surface area contributed by atoms with Crippen molar-refractivity contribution in [2.45, 2.75) is 11.8 Å². The third-order valence-corrected chi connectivity index (χ3v) is 4.61. The third kappa shape index (κ3) is 4.53. The third-order valence-electron chi connectivity index (χ3n) is 3.21. The second-order valence-corrected chi connectivity index (χ2v) is 6.78. The Morgan fingerprint density at radius 3 is 2.58 bits per heavy atom. The normalized spacial score (nSPS) is 11.1. The van der Waals surface area contributed by atoms with Gasteiger partial charge in [-0.25, -0.2) is 17.5 Å². The molecule has 0 aliphatic carbocycles. The van der Waals surface area contributed by atoms with E-state index in [0.29, 0.717) is 11.3 Å². The standard InChI is InChI=1S/C16H17FN2O4S/c1-11-8-14(6-7-15(11)23-2)24(21,22)18-10-16(20)19-13-5-3-4-12(17)9-13/h3-9,18H,10H2,1-2H3,(H,19,20). The lowest BCUT2D eigenvalue weighted by Crippen LogP contribution is -2.33. The molecule has 0 bridgehead atoms. The van der Waals surface area contributed by atoms with Gasteiger partial charge in [-0.1, -0.05) is 6.07 Å². The number of amides is 1. The molecule has 8 heteroatoms. The number of nitrogens with one attached hydrogen (secondary N) is 2. The number of aryl methyl sites for hydroxylation is 1. The SMILES string of the molecule is COc1ccc(S(=O)(=O)NCC(=O)Nc2cccc(F)c2)cc1C. The summed E-state index contributed by atoms with van der Waals surface area (Å²) in [6.07, 6.45) is 0. The van der Waals surface area contributed by atoms with Gasteiger partial charge >= 0.3 is 0 Å². The number of methoxy groups -OCH3 is 1. The summed E-state index contributed by atoms with van der Waals surface area (Å²) in [7, 11) is -2.35. The first-order chi connectivity index (χ1) is 11.3. The second-order valence-electron chi connectivity index (χ2n) is 5.01. The van der Waals surface area contributed by atoms with E-state index < -0.39 is 28.3 Å². The number of ether oxygens (including phenoxy) is 1. The van der Waals surface area contributed by atoms with Gasteiger partial charge in [-0.05, 0) is 48.9 Å². The summed E-state index contributed by atoms with van der Waals surface area (Å²) in [4.78, 5) is 11.8. The summed E-state index contributed by atoms with van der Waals surface area (Å²) < 4.78 is 44.7. The average molecular weight is 352 g/mol. The molecule has 2 rings (SSSR count). The first kappa shape index (κ1) is 17.9. The van der Waals surface area contributed by atoms with E-state index in [1.807, 2.05) is 0 Å². The van der Waals surface area contributed by atoms with Crippen LogP contribution in [0, 0.1) is 12.7 Å². The van der Waals surface area contributed by atoms with Crippen LogP contribution in [0.25, 0.3) is 0 Å². The van der Waals surface area contributed by atoms with Crippen molar-refractivity contribution in [3.8, 4) is 5.75 Å². The van der Waals surface area contributed by atoms with Crippen molar-refractivity contribution in [1.82, 2.24) is 4.72 Å². The van der Waals surface area contributed by atoms with Gasteiger partial charge in [0.05, 0.1) is 18.6 Å². The van der Waals surface area contributed by atoms with Crippen LogP contribution in [-0.2, 0) is 14.8 Å². The van der Waals surface area contributed by atoms with Crippen molar-refractivity contribution in [2.24, 2.45) is 0 Å². The highest BCUT2D eigenvalue weighted by Crippen LogP contribution is 2.21. The predicted octanol–water partition coefficient (Wildman–Crippen LogP) is 2.06. The molecule has 0 saturated heterocycles. The molecule has 0 atom stereocenters. The van der Waals surface area contributed by atoms with Gasteiger partial charge in [0.2, 0.25) is 15.9 Å². The zero-order valence-electron chi connectivity index (χ0n) is 13.2. The molecule has 2 N–H and O–H groups in total. The molecule has 0 saturated carbocycles. The minimum absolute atomic E-state index is 0.0272. The molecule has 128 valence electrons. The van der Waals surface area contributed by atoms with Crippen LogP contribution in [0.4, 0.5) is 10.1 Å². The molecule has 0 aliphatic rings. The monoisotopic (exact) mass is 352 g/mol. The van der Waals surface area contributed by atoms with E-state index in [-0.39, 0.29) is 10.6 Å². The maximum Gasteiger partial charge on any atom is 0.241 e. The lowest BCUT2D eigenvalue weighted by atomic mass is 10.2. The van der Waals surface area contributed by atoms with E-state index in [0.717, 1.165) is 6.07 Å². The minimum Gasteiger partial charge on any atom is -0.496 e. The zero-order valence-corrected chi connectivity index (χ0v) is 14.0. The molecule has 2 aromatic carbocycles. The van der Waals surface area contributed by atoms with Gasteiger partial charge in [-0.3, -0.25) is 4.79 Å². The van der Waals surface area contributed by atoms with Crippen molar-refractivity contribution in [1.29, 1.82) is 0 Å². The first-order valence-electron chi connectivity index (χ1n) is 7.01. The van der Waals surface area contributed by atoms with Gasteiger partial charge in [0, 0.05) is 5.69 Å². The second kappa shape index (κ2) is 7.41. The zero-order chi connectivity index (χ0) is 17.7. The Morgan fingerprint density at radius 2 is 1.96 bits per heavy atom. The van der Waals surface area contributed by atoms with Crippen molar-refractivity contribution >= 4 is 21.6 Å². The molecule has 2 aromatic rings. The van der Waals surface area contributed by atoms with Crippen molar-refractivity contribution in [3.05, 3.63) is 53.8 Å². The van der Waals surface area contributed by atoms with E-state index in [2.05, 4.69) is 10.0 Å². The fraction of sp³-hybridized carbons (Fsp3) is 0.188. The predicted molar refractivity (Wildman–Crippen MR) is 87.9 cm³/mol. The highest BCUT2D eigenvalue weighted by molar-refractivity contribution is 7.89. The molecule has 0 radical (unpaired) electrons. The van der Waals surface area contributed by atoms with Crippen LogP contribution in [0.3, 0.4) is 0 Å². The molecule has 0 unspecified atom stereocenters. The molecule has 0 aliphatic heterocycles. The van der Waals surface area contributed by atoms with Crippen LogP contribution in [-0.4, -0.2) is 28.0 Å². The number of sulfonamides is 1. The molecular weight excluding hydrogens is 335 g/mol. The molecule has 1 amide bonds. The van der Waals surface area contributed by atoms with Crippen LogP contribution in [0.15, 0.2) is 47.4 Å². The Morgan fingerprint density at radius 1 is 1.21 bits per heavy atom. The molecule has 6 nitrogen and oxygen atoms in total. The summed E-state index contributed by atoms with van der Waals surface area (Å²) >= 11 is 0. The smallest absolute Gasteiger partial charge is 0.241 e. The van der Waals surface area contributed by atoms with Crippen molar-refractivity contribution in [3.63, 3.8) is 0 Å². The van der Waals surface area contributed by atoms with Gasteiger partial charge in [-0.2, -0.15) is 0 Å². The van der Waals surface area contributed by atoms with Gasteiger partial charge in [0.1, 0.15) is 11.6 Å². The Balaban J connectivity index is 2.02. The molecule has 24 heavy (non-hydrogen) atoms. The Kier molecular flexibility index (Phi) is 5.53. The van der Waals surface area contributed by atoms with Crippen LogP contribution >= 0.6 is 0 Å². The number of anilines is 1. The summed E-state index contributed by atoms with van der Waals surface area (Å²) in [5, 5.41) is 2.41. The van der Waals surface area contributed by atoms with E-state index in [1.54, 1.807) is 6.92 Å². The van der Waals surface area contributed by atoms with E-state index in [1.165, 1.54) is 43.5 Å². The quantitative estimate of drug-likeness (QED) is 0.833. The fourth-order valence-corrected chi connectivity index (χ4v) is 3.10. The summed E-state index contributed by atoms with van der Waals surface area (Å²) in [5.41, 5.74) is 0.907. The number of rotatable bonds is 6. The summed E-state index contributed by atoms with van der Waals surface area (Å²) in [5.74, 6) is -0.533. The Bertz CT molecular complexity index is 853. The molecular formula is C16H17FN2O4S. The molecule has 0 aromatic heterocycles. The maximum absolute atomic E-state index is 13.0. The molecule has 0 spiro atoms. The lowest BCUT2D eigenvalue weighted by molar-refractivity contribution is -0.115. The summed E-state index contributed by atoms with van der Waals surface area (Å²) in [6.45, 7) is 1.25. The Hall–Kier alpha value is -2.45. The van der Waals surface area contributed by atoms with Crippen LogP contribution < -0.4 is 14.8 Å². The van der Waals surface area contributed by atoms with E-state index in [4.69, 9.17) is 4.74 Å². The fourth-order valence-electron chi connectivity index (χ4n) is 2.03. The van der Waals surface area contributed by atoms with Gasteiger partial charge in [-0.15, -0.1) is 0 Å². The summed E-state index contributed by atoms with van der Waals surface area (Å²) in [6, 6.07) is 9.70. The van der Waals surface area contributed by atoms with E-state index in [9.17, 15) is 17.6 Å². The number of benzene rings is 2. The first-order valence-corrected chi connectivity index (χ1v) is 8.50. The van der Waals surface area contributed by atoms with Crippen LogP contribution in [0.5, 0.6) is 5.75 Å². The molecule has 0 heterocycles. The van der Waals surface area contributed by atoms with Gasteiger partial charge in [0.15, 0.2) is 0 Å². The average Bonchev–Trinajstić information content (AvgIpc) is 2.53. The topological polar surface area (TPSA) is 84.5 Å². The minimum atomic E-state index is -3.84. The number of hydrogen-bond acceptors (Lipinski definition) is 4. The highest BCUT2D eigenvalue weighted by Gasteiger charge is 2.17. The highest BCUT2D eigenvalue weighted by atomic mass is 32.2. The van der Waals surface area contributed by atoms with Crippen molar-refractivity contribution < 1.29 is 22.3 Å². The van der Waals surface area contributed by atoms with Crippen molar-refractivity contribution in [2.75, 3.05) is 19.0 Å². The van der Waals surface area contributed by atoms with Crippen LogP contribution in [0.2, 0.25) is 0 Å². The van der Waals surface area contributed by atoms with Gasteiger partial charge < -0.3 is 10.1 Å².